The number of fused-ring (bicyclic) bond motifs is 1. The summed E-state index contributed by atoms with van der Waals surface area (Å²) in [6.07, 6.45) is 0.384. The smallest absolute Gasteiger partial charge is 0.327 e. The topological polar surface area (TPSA) is 63.6 Å². The van der Waals surface area contributed by atoms with Crippen LogP contribution in [0.2, 0.25) is 0 Å². The molecule has 0 saturated heterocycles. The van der Waals surface area contributed by atoms with Gasteiger partial charge in [0.05, 0.1) is 0 Å². The summed E-state index contributed by atoms with van der Waals surface area (Å²) in [4.78, 5) is 23.2. The number of benzene rings is 1. The van der Waals surface area contributed by atoms with Crippen LogP contribution in [0.15, 0.2) is 24.3 Å². The SMILES string of the molecule is [CH2+]COC(=O)C1(C(=O)O)Cc2ccccc2C1. The molecule has 0 atom stereocenters. The van der Waals surface area contributed by atoms with Crippen molar-refractivity contribution in [2.75, 3.05) is 6.61 Å². The van der Waals surface area contributed by atoms with Crippen LogP contribution in [-0.2, 0) is 27.2 Å². The highest BCUT2D eigenvalue weighted by atomic mass is 16.5. The molecule has 0 bridgehead atoms. The average Bonchev–Trinajstić information content (AvgIpc) is 2.69. The first-order chi connectivity index (χ1) is 8.10. The first kappa shape index (κ1) is 11.5. The van der Waals surface area contributed by atoms with Crippen LogP contribution in [-0.4, -0.2) is 23.7 Å². The van der Waals surface area contributed by atoms with Gasteiger partial charge in [-0.15, -0.1) is 0 Å². The van der Waals surface area contributed by atoms with Crippen LogP contribution in [0, 0.1) is 12.3 Å². The molecule has 1 aromatic carbocycles. The molecule has 1 aliphatic carbocycles. The van der Waals surface area contributed by atoms with Gasteiger partial charge < -0.3 is 9.84 Å². The minimum atomic E-state index is -1.47. The van der Waals surface area contributed by atoms with E-state index in [4.69, 9.17) is 4.74 Å². The van der Waals surface area contributed by atoms with E-state index in [1.54, 1.807) is 0 Å². The van der Waals surface area contributed by atoms with Crippen molar-refractivity contribution in [2.24, 2.45) is 5.41 Å². The van der Waals surface area contributed by atoms with E-state index < -0.39 is 17.4 Å². The maximum Gasteiger partial charge on any atom is 0.327 e. The van der Waals surface area contributed by atoms with Gasteiger partial charge in [-0.05, 0) is 24.0 Å². The van der Waals surface area contributed by atoms with E-state index in [0.717, 1.165) is 11.1 Å². The number of carboxylic acid groups (broad SMARTS) is 1. The van der Waals surface area contributed by atoms with Gasteiger partial charge in [-0.1, -0.05) is 24.3 Å². The second kappa shape index (κ2) is 4.13. The number of rotatable bonds is 3. The largest absolute Gasteiger partial charge is 0.480 e. The van der Waals surface area contributed by atoms with Gasteiger partial charge in [0.1, 0.15) is 6.92 Å². The van der Waals surface area contributed by atoms with Crippen molar-refractivity contribution < 1.29 is 19.4 Å². The van der Waals surface area contributed by atoms with E-state index in [-0.39, 0.29) is 19.4 Å². The molecule has 17 heavy (non-hydrogen) atoms. The fourth-order valence-corrected chi connectivity index (χ4v) is 2.23. The lowest BCUT2D eigenvalue weighted by atomic mass is 9.85. The van der Waals surface area contributed by atoms with Crippen molar-refractivity contribution in [2.45, 2.75) is 12.8 Å². The van der Waals surface area contributed by atoms with Crippen molar-refractivity contribution in [3.05, 3.63) is 42.3 Å². The van der Waals surface area contributed by atoms with Crippen molar-refractivity contribution >= 4 is 11.9 Å². The Morgan fingerprint density at radius 2 is 1.82 bits per heavy atom. The minimum absolute atomic E-state index is 0.0514. The van der Waals surface area contributed by atoms with Gasteiger partial charge in [0.2, 0.25) is 6.61 Å². The van der Waals surface area contributed by atoms with E-state index in [9.17, 15) is 14.7 Å². The number of hydrogen-bond acceptors (Lipinski definition) is 3. The fourth-order valence-electron chi connectivity index (χ4n) is 2.23. The van der Waals surface area contributed by atoms with E-state index in [2.05, 4.69) is 6.92 Å². The molecule has 0 heterocycles. The zero-order valence-electron chi connectivity index (χ0n) is 9.31. The molecule has 1 aliphatic rings. The summed E-state index contributed by atoms with van der Waals surface area (Å²) in [5, 5.41) is 9.31. The number of hydrogen-bond donors (Lipinski definition) is 1. The summed E-state index contributed by atoms with van der Waals surface area (Å²) in [5.74, 6) is -1.83. The second-order valence-corrected chi connectivity index (χ2v) is 4.15. The van der Waals surface area contributed by atoms with Crippen LogP contribution in [0.3, 0.4) is 0 Å². The lowest BCUT2D eigenvalue weighted by Crippen LogP contribution is -2.41. The lowest BCUT2D eigenvalue weighted by molar-refractivity contribution is -0.167. The molecule has 1 N–H and O–H groups in total. The quantitative estimate of drug-likeness (QED) is 0.484. The fraction of sp³-hybridized carbons (Fsp3) is 0.308. The Morgan fingerprint density at radius 1 is 1.29 bits per heavy atom. The highest BCUT2D eigenvalue weighted by Crippen LogP contribution is 2.38. The van der Waals surface area contributed by atoms with Crippen LogP contribution >= 0.6 is 0 Å². The molecule has 0 unspecified atom stereocenters. The molecule has 0 saturated carbocycles. The Kier molecular flexibility index (Phi) is 2.79. The van der Waals surface area contributed by atoms with Crippen LogP contribution in [0.25, 0.3) is 0 Å². The maximum absolute atomic E-state index is 11.8. The average molecular weight is 233 g/mol. The zero-order chi connectivity index (χ0) is 12.5. The van der Waals surface area contributed by atoms with Gasteiger partial charge in [0.15, 0.2) is 5.41 Å². The molecule has 4 nitrogen and oxygen atoms in total. The maximum atomic E-state index is 11.8. The van der Waals surface area contributed by atoms with Crippen molar-refractivity contribution in [1.29, 1.82) is 0 Å². The third-order valence-corrected chi connectivity index (χ3v) is 3.14. The van der Waals surface area contributed by atoms with Gasteiger partial charge in [0, 0.05) is 0 Å². The molecule has 0 aliphatic heterocycles. The molecular weight excluding hydrogens is 220 g/mol. The molecule has 0 fully saturated rings. The molecule has 4 heteroatoms. The third kappa shape index (κ3) is 1.75. The summed E-state index contributed by atoms with van der Waals surface area (Å²) in [6, 6.07) is 7.36. The van der Waals surface area contributed by atoms with E-state index >= 15 is 0 Å². The number of carboxylic acids is 1. The molecule has 0 radical (unpaired) electrons. The predicted molar refractivity (Wildman–Crippen MR) is 60.2 cm³/mol. The summed E-state index contributed by atoms with van der Waals surface area (Å²) in [7, 11) is 0. The van der Waals surface area contributed by atoms with Crippen molar-refractivity contribution in [1.82, 2.24) is 0 Å². The number of carbonyl (C=O) groups is 2. The van der Waals surface area contributed by atoms with E-state index in [1.807, 2.05) is 24.3 Å². The Balaban J connectivity index is 2.36. The van der Waals surface area contributed by atoms with Crippen LogP contribution in [0.1, 0.15) is 11.1 Å². The lowest BCUT2D eigenvalue weighted by Gasteiger charge is -2.20. The Bertz CT molecular complexity index is 439. The minimum Gasteiger partial charge on any atom is -0.480 e. The van der Waals surface area contributed by atoms with Gasteiger partial charge in [-0.3, -0.25) is 9.59 Å². The van der Waals surface area contributed by atoms with E-state index in [0.29, 0.717) is 0 Å². The zero-order valence-corrected chi connectivity index (χ0v) is 9.31. The first-order valence-corrected chi connectivity index (χ1v) is 5.37. The molecule has 1 aromatic rings. The van der Waals surface area contributed by atoms with Gasteiger partial charge in [-0.2, -0.15) is 0 Å². The van der Waals surface area contributed by atoms with E-state index in [1.165, 1.54) is 0 Å². The number of aliphatic carboxylic acids is 1. The van der Waals surface area contributed by atoms with Crippen LogP contribution in [0.5, 0.6) is 0 Å². The Morgan fingerprint density at radius 3 is 2.24 bits per heavy atom. The summed E-state index contributed by atoms with van der Waals surface area (Å²) in [5.41, 5.74) is 0.327. The van der Waals surface area contributed by atoms with Crippen molar-refractivity contribution in [3.63, 3.8) is 0 Å². The van der Waals surface area contributed by atoms with Gasteiger partial charge in [-0.25, -0.2) is 0 Å². The highest BCUT2D eigenvalue weighted by molar-refractivity contribution is 6.00. The molecule has 0 spiro atoms. The molecular formula is C13H13O4+. The third-order valence-electron chi connectivity index (χ3n) is 3.14. The first-order valence-electron chi connectivity index (χ1n) is 5.37. The van der Waals surface area contributed by atoms with Gasteiger partial charge >= 0.3 is 11.9 Å². The molecule has 88 valence electrons. The number of esters is 1. The molecule has 0 aromatic heterocycles. The summed E-state index contributed by atoms with van der Waals surface area (Å²) >= 11 is 0. The van der Waals surface area contributed by atoms with Gasteiger partial charge in [0.25, 0.3) is 0 Å². The number of carbonyl (C=O) groups excluding carboxylic acids is 1. The second-order valence-electron chi connectivity index (χ2n) is 4.15. The normalized spacial score (nSPS) is 16.2. The monoisotopic (exact) mass is 233 g/mol. The predicted octanol–water partition coefficient (Wildman–Crippen LogP) is 1.23. The standard InChI is InChI=1S/C13H12O4/c1-2-17-12(16)13(11(14)15)7-9-5-3-4-6-10(9)8-13/h3-6H,1-2,7-8H2/p+1. The molecule has 0 amide bonds. The van der Waals surface area contributed by atoms with Crippen LogP contribution < -0.4 is 0 Å². The Hall–Kier alpha value is -1.97. The number of ether oxygens (including phenoxy) is 1. The van der Waals surface area contributed by atoms with Crippen molar-refractivity contribution in [3.8, 4) is 0 Å². The highest BCUT2D eigenvalue weighted by Gasteiger charge is 2.52. The Labute approximate surface area is 99.2 Å². The molecule has 2 rings (SSSR count). The van der Waals surface area contributed by atoms with Crippen LogP contribution in [0.4, 0.5) is 0 Å². The summed E-state index contributed by atoms with van der Waals surface area (Å²) in [6.45, 7) is 3.35. The summed E-state index contributed by atoms with van der Waals surface area (Å²) < 4.78 is 4.79.